The van der Waals surface area contributed by atoms with E-state index in [1.165, 1.54) is 11.1 Å². The van der Waals surface area contributed by atoms with Gasteiger partial charge in [-0.25, -0.2) is 4.98 Å². The van der Waals surface area contributed by atoms with Gasteiger partial charge in [0.1, 0.15) is 5.82 Å². The van der Waals surface area contributed by atoms with Gasteiger partial charge in [-0.05, 0) is 30.9 Å². The summed E-state index contributed by atoms with van der Waals surface area (Å²) in [5, 5.41) is 0. The summed E-state index contributed by atoms with van der Waals surface area (Å²) in [5.74, 6) is 1.04. The van der Waals surface area contributed by atoms with Crippen LogP contribution in [0.5, 0.6) is 0 Å². The Bertz CT molecular complexity index is 779. The summed E-state index contributed by atoms with van der Waals surface area (Å²) in [7, 11) is 0. The molecular weight excluding hydrogens is 306 g/mol. The number of nitrogens with two attached hydrogens (primary N) is 1. The Morgan fingerprint density at radius 2 is 1.60 bits per heavy atom. The first-order chi connectivity index (χ1) is 12.1. The predicted molar refractivity (Wildman–Crippen MR) is 103 cm³/mol. The molecule has 2 aromatic carbocycles. The first-order valence-corrected chi connectivity index (χ1v) is 8.68. The Morgan fingerprint density at radius 1 is 1.04 bits per heavy atom. The summed E-state index contributed by atoms with van der Waals surface area (Å²) in [6, 6.07) is 20.9. The summed E-state index contributed by atoms with van der Waals surface area (Å²) >= 11 is 0. The highest BCUT2D eigenvalue weighted by atomic mass is 15.0. The summed E-state index contributed by atoms with van der Waals surface area (Å²) < 4.78 is 2.18. The minimum atomic E-state index is -0.378. The van der Waals surface area contributed by atoms with E-state index in [1.54, 1.807) is 0 Å². The maximum Gasteiger partial charge on any atom is 0.105 e. The molecule has 2 N–H and O–H groups in total. The molecule has 0 fully saturated rings. The zero-order valence-electron chi connectivity index (χ0n) is 14.7. The maximum atomic E-state index is 6.41. The van der Waals surface area contributed by atoms with Crippen molar-refractivity contribution < 1.29 is 0 Å². The Morgan fingerprint density at radius 3 is 2.04 bits per heavy atom. The van der Waals surface area contributed by atoms with Crippen LogP contribution in [0.2, 0.25) is 0 Å². The second-order valence-corrected chi connectivity index (χ2v) is 6.43. The van der Waals surface area contributed by atoms with Gasteiger partial charge in [0, 0.05) is 24.6 Å². The topological polar surface area (TPSA) is 43.8 Å². The summed E-state index contributed by atoms with van der Waals surface area (Å²) in [6.45, 7) is 7.12. The van der Waals surface area contributed by atoms with Crippen molar-refractivity contribution in [1.29, 1.82) is 0 Å². The van der Waals surface area contributed by atoms with Gasteiger partial charge in [0.15, 0.2) is 0 Å². The highest BCUT2D eigenvalue weighted by molar-refractivity contribution is 5.46. The van der Waals surface area contributed by atoms with Crippen LogP contribution in [-0.4, -0.2) is 9.55 Å². The largest absolute Gasteiger partial charge is 0.402 e. The van der Waals surface area contributed by atoms with E-state index in [0.29, 0.717) is 5.70 Å². The van der Waals surface area contributed by atoms with Gasteiger partial charge in [-0.3, -0.25) is 0 Å². The standard InChI is InChI=1S/C22H25N3/c1-18(23)22(20-10-5-3-6-11-20,21-12-7-4-8-13-21)14-9-16-25-17-15-24-19(25)2/h3-8,10-13,15,17H,1,9,14,16,23H2,2H3. The van der Waals surface area contributed by atoms with Gasteiger partial charge in [-0.2, -0.15) is 0 Å². The molecule has 25 heavy (non-hydrogen) atoms. The van der Waals surface area contributed by atoms with Crippen molar-refractivity contribution in [3.8, 4) is 0 Å². The maximum absolute atomic E-state index is 6.41. The Balaban J connectivity index is 1.96. The van der Waals surface area contributed by atoms with E-state index >= 15 is 0 Å². The van der Waals surface area contributed by atoms with Gasteiger partial charge in [0.05, 0.1) is 5.41 Å². The third-order valence-corrected chi connectivity index (χ3v) is 4.96. The molecule has 0 amide bonds. The molecule has 3 heteroatoms. The Kier molecular flexibility index (Phi) is 5.03. The third-order valence-electron chi connectivity index (χ3n) is 4.96. The summed E-state index contributed by atoms with van der Waals surface area (Å²) in [5.41, 5.74) is 9.10. The van der Waals surface area contributed by atoms with E-state index in [9.17, 15) is 0 Å². The second kappa shape index (κ2) is 7.39. The lowest BCUT2D eigenvalue weighted by Crippen LogP contribution is -2.34. The van der Waals surface area contributed by atoms with Gasteiger partial charge < -0.3 is 10.3 Å². The fourth-order valence-corrected chi connectivity index (χ4v) is 3.59. The molecule has 0 aliphatic carbocycles. The predicted octanol–water partition coefficient (Wildman–Crippen LogP) is 4.43. The van der Waals surface area contributed by atoms with Gasteiger partial charge in [0.25, 0.3) is 0 Å². The molecule has 0 saturated heterocycles. The quantitative estimate of drug-likeness (QED) is 0.696. The number of allylic oxidation sites excluding steroid dienone is 1. The van der Waals surface area contributed by atoms with Crippen molar-refractivity contribution >= 4 is 0 Å². The van der Waals surface area contributed by atoms with Crippen LogP contribution in [0.3, 0.4) is 0 Å². The molecule has 0 unspecified atom stereocenters. The number of nitrogens with zero attached hydrogens (tertiary/aromatic N) is 2. The molecule has 1 aromatic heterocycles. The number of hydrogen-bond acceptors (Lipinski definition) is 2. The van der Waals surface area contributed by atoms with Crippen LogP contribution in [-0.2, 0) is 12.0 Å². The third kappa shape index (κ3) is 3.36. The van der Waals surface area contributed by atoms with E-state index in [0.717, 1.165) is 25.2 Å². The van der Waals surface area contributed by atoms with Crippen LogP contribution >= 0.6 is 0 Å². The van der Waals surface area contributed by atoms with Crippen LogP contribution in [0.15, 0.2) is 85.3 Å². The molecule has 3 rings (SSSR count). The lowest BCUT2D eigenvalue weighted by atomic mass is 9.69. The summed E-state index contributed by atoms with van der Waals surface area (Å²) in [4.78, 5) is 4.30. The lowest BCUT2D eigenvalue weighted by molar-refractivity contribution is 0.483. The minimum Gasteiger partial charge on any atom is -0.402 e. The molecule has 128 valence electrons. The van der Waals surface area contributed by atoms with Crippen molar-refractivity contribution in [1.82, 2.24) is 9.55 Å². The molecule has 0 radical (unpaired) electrons. The highest BCUT2D eigenvalue weighted by Crippen LogP contribution is 2.40. The number of aromatic nitrogens is 2. The fourth-order valence-electron chi connectivity index (χ4n) is 3.59. The van der Waals surface area contributed by atoms with E-state index < -0.39 is 0 Å². The first kappa shape index (κ1) is 17.0. The van der Waals surface area contributed by atoms with E-state index in [4.69, 9.17) is 5.73 Å². The normalized spacial score (nSPS) is 11.4. The van der Waals surface area contributed by atoms with Crippen molar-refractivity contribution in [3.05, 3.63) is 102 Å². The average molecular weight is 331 g/mol. The Labute approximate surface area is 149 Å². The smallest absolute Gasteiger partial charge is 0.105 e. The fraction of sp³-hybridized carbons (Fsp3) is 0.227. The van der Waals surface area contributed by atoms with Crippen molar-refractivity contribution in [3.63, 3.8) is 0 Å². The molecule has 0 saturated carbocycles. The van der Waals surface area contributed by atoms with Crippen molar-refractivity contribution in [2.75, 3.05) is 0 Å². The van der Waals surface area contributed by atoms with Gasteiger partial charge in [-0.15, -0.1) is 0 Å². The highest BCUT2D eigenvalue weighted by Gasteiger charge is 2.35. The molecule has 3 nitrogen and oxygen atoms in total. The van der Waals surface area contributed by atoms with Crippen molar-refractivity contribution in [2.24, 2.45) is 5.73 Å². The zero-order valence-corrected chi connectivity index (χ0v) is 14.7. The van der Waals surface area contributed by atoms with E-state index in [2.05, 4.69) is 64.7 Å². The SMILES string of the molecule is C=C(N)C(CCCn1ccnc1C)(c1ccccc1)c1ccccc1. The van der Waals surface area contributed by atoms with Gasteiger partial charge >= 0.3 is 0 Å². The minimum absolute atomic E-state index is 0.378. The average Bonchev–Trinajstić information content (AvgIpc) is 3.05. The van der Waals surface area contributed by atoms with Crippen LogP contribution in [0, 0.1) is 6.92 Å². The van der Waals surface area contributed by atoms with Crippen LogP contribution in [0.25, 0.3) is 0 Å². The monoisotopic (exact) mass is 331 g/mol. The molecule has 3 aromatic rings. The van der Waals surface area contributed by atoms with E-state index in [-0.39, 0.29) is 5.41 Å². The van der Waals surface area contributed by atoms with Gasteiger partial charge in [0.2, 0.25) is 0 Å². The second-order valence-electron chi connectivity index (χ2n) is 6.43. The number of hydrogen-bond donors (Lipinski definition) is 1. The molecule has 1 heterocycles. The molecule has 0 aliphatic heterocycles. The van der Waals surface area contributed by atoms with Crippen LogP contribution < -0.4 is 5.73 Å². The van der Waals surface area contributed by atoms with Crippen molar-refractivity contribution in [2.45, 2.75) is 31.7 Å². The van der Waals surface area contributed by atoms with Crippen LogP contribution in [0.4, 0.5) is 0 Å². The lowest BCUT2D eigenvalue weighted by Gasteiger charge is -2.35. The van der Waals surface area contributed by atoms with Crippen LogP contribution in [0.1, 0.15) is 29.8 Å². The van der Waals surface area contributed by atoms with Gasteiger partial charge in [-0.1, -0.05) is 67.2 Å². The first-order valence-electron chi connectivity index (χ1n) is 8.68. The molecule has 0 bridgehead atoms. The Hall–Kier alpha value is -2.81. The molecule has 0 spiro atoms. The number of benzene rings is 2. The number of aryl methyl sites for hydroxylation is 2. The number of rotatable bonds is 7. The molecule has 0 aliphatic rings. The molecule has 0 atom stereocenters. The number of imidazole rings is 1. The summed E-state index contributed by atoms with van der Waals surface area (Å²) in [6.07, 6.45) is 5.75. The zero-order chi connectivity index (χ0) is 17.7. The molecular formula is C22H25N3. The van der Waals surface area contributed by atoms with E-state index in [1.807, 2.05) is 31.5 Å².